The monoisotopic (exact) mass is 319 g/mol. The van der Waals surface area contributed by atoms with E-state index in [-0.39, 0.29) is 5.91 Å². The minimum Gasteiger partial charge on any atom is -0.333 e. The molecule has 0 spiro atoms. The molecule has 122 valence electrons. The van der Waals surface area contributed by atoms with Gasteiger partial charge in [-0.15, -0.1) is 0 Å². The standard InChI is InChI=1S/C20H21N3O/c1-3-12-23(14-16-10-8-15(2)9-11-16)20(24)19-13-21-17-6-4-5-7-18(17)22-19/h4-11,13H,3,12,14H2,1-2H3. The van der Waals surface area contributed by atoms with E-state index in [0.717, 1.165) is 23.0 Å². The van der Waals surface area contributed by atoms with E-state index in [1.165, 1.54) is 5.56 Å². The number of carbonyl (C=O) groups excluding carboxylic acids is 1. The quantitative estimate of drug-likeness (QED) is 0.714. The summed E-state index contributed by atoms with van der Waals surface area (Å²) in [7, 11) is 0. The molecule has 0 N–H and O–H groups in total. The first-order chi connectivity index (χ1) is 11.7. The van der Waals surface area contributed by atoms with E-state index in [4.69, 9.17) is 0 Å². The number of fused-ring (bicyclic) bond motifs is 1. The Morgan fingerprint density at radius 2 is 1.75 bits per heavy atom. The van der Waals surface area contributed by atoms with Crippen LogP contribution in [0, 0.1) is 6.92 Å². The van der Waals surface area contributed by atoms with Crippen molar-refractivity contribution in [2.45, 2.75) is 26.8 Å². The highest BCUT2D eigenvalue weighted by atomic mass is 16.2. The molecule has 0 bridgehead atoms. The maximum Gasteiger partial charge on any atom is 0.274 e. The largest absolute Gasteiger partial charge is 0.333 e. The number of nitrogens with zero attached hydrogens (tertiary/aromatic N) is 3. The van der Waals surface area contributed by atoms with Gasteiger partial charge in [0.2, 0.25) is 0 Å². The van der Waals surface area contributed by atoms with Crippen molar-refractivity contribution in [2.24, 2.45) is 0 Å². The number of rotatable bonds is 5. The molecule has 0 radical (unpaired) electrons. The lowest BCUT2D eigenvalue weighted by Gasteiger charge is -2.22. The summed E-state index contributed by atoms with van der Waals surface area (Å²) in [4.78, 5) is 23.5. The van der Waals surface area contributed by atoms with Crippen LogP contribution >= 0.6 is 0 Å². The molecule has 1 aromatic heterocycles. The molecule has 0 aliphatic rings. The van der Waals surface area contributed by atoms with Gasteiger partial charge in [-0.05, 0) is 31.0 Å². The normalized spacial score (nSPS) is 10.8. The van der Waals surface area contributed by atoms with Gasteiger partial charge in [-0.25, -0.2) is 4.98 Å². The molecule has 0 saturated heterocycles. The topological polar surface area (TPSA) is 46.1 Å². The van der Waals surface area contributed by atoms with E-state index in [2.05, 4.69) is 48.1 Å². The third kappa shape index (κ3) is 3.59. The van der Waals surface area contributed by atoms with Crippen LogP contribution < -0.4 is 0 Å². The van der Waals surface area contributed by atoms with Crippen molar-refractivity contribution in [3.63, 3.8) is 0 Å². The SMILES string of the molecule is CCCN(Cc1ccc(C)cc1)C(=O)c1cnc2ccccc2n1. The van der Waals surface area contributed by atoms with Crippen molar-refractivity contribution in [3.8, 4) is 0 Å². The summed E-state index contributed by atoms with van der Waals surface area (Å²) in [6.45, 7) is 5.41. The molecule has 0 aliphatic heterocycles. The fraction of sp³-hybridized carbons (Fsp3) is 0.250. The molecule has 24 heavy (non-hydrogen) atoms. The van der Waals surface area contributed by atoms with Gasteiger partial charge in [0, 0.05) is 13.1 Å². The second-order valence-electron chi connectivity index (χ2n) is 5.96. The Kier molecular flexibility index (Phi) is 4.85. The maximum absolute atomic E-state index is 12.9. The molecule has 0 unspecified atom stereocenters. The van der Waals surface area contributed by atoms with Crippen LogP contribution in [-0.2, 0) is 6.54 Å². The molecule has 1 heterocycles. The highest BCUT2D eigenvalue weighted by Gasteiger charge is 2.17. The summed E-state index contributed by atoms with van der Waals surface area (Å²) in [5.74, 6) is -0.0734. The van der Waals surface area contributed by atoms with Gasteiger partial charge in [-0.3, -0.25) is 9.78 Å². The Labute approximate surface area is 142 Å². The summed E-state index contributed by atoms with van der Waals surface area (Å²) in [6, 6.07) is 15.9. The van der Waals surface area contributed by atoms with Gasteiger partial charge >= 0.3 is 0 Å². The maximum atomic E-state index is 12.9. The van der Waals surface area contributed by atoms with E-state index in [0.29, 0.717) is 18.8 Å². The predicted octanol–water partition coefficient (Wildman–Crippen LogP) is 3.99. The van der Waals surface area contributed by atoms with E-state index in [1.54, 1.807) is 6.20 Å². The van der Waals surface area contributed by atoms with Crippen molar-refractivity contribution in [1.82, 2.24) is 14.9 Å². The summed E-state index contributed by atoms with van der Waals surface area (Å²) >= 11 is 0. The van der Waals surface area contributed by atoms with E-state index in [9.17, 15) is 4.79 Å². The van der Waals surface area contributed by atoms with Gasteiger partial charge in [0.05, 0.1) is 17.2 Å². The molecule has 3 rings (SSSR count). The zero-order chi connectivity index (χ0) is 16.9. The Bertz CT molecular complexity index is 843. The van der Waals surface area contributed by atoms with Crippen molar-refractivity contribution in [1.29, 1.82) is 0 Å². The van der Waals surface area contributed by atoms with Crippen LogP contribution in [0.5, 0.6) is 0 Å². The highest BCUT2D eigenvalue weighted by molar-refractivity contribution is 5.93. The van der Waals surface area contributed by atoms with Crippen LogP contribution in [0.3, 0.4) is 0 Å². The van der Waals surface area contributed by atoms with Gasteiger partial charge in [-0.1, -0.05) is 48.9 Å². The van der Waals surface area contributed by atoms with Gasteiger partial charge in [0.1, 0.15) is 5.69 Å². The average molecular weight is 319 g/mol. The third-order valence-electron chi connectivity index (χ3n) is 3.94. The first kappa shape index (κ1) is 16.1. The lowest BCUT2D eigenvalue weighted by atomic mass is 10.1. The van der Waals surface area contributed by atoms with Crippen molar-refractivity contribution >= 4 is 16.9 Å². The molecule has 0 aliphatic carbocycles. The van der Waals surface area contributed by atoms with Crippen LogP contribution in [0.15, 0.2) is 54.7 Å². The second kappa shape index (κ2) is 7.21. The second-order valence-corrected chi connectivity index (χ2v) is 5.96. The Morgan fingerprint density at radius 3 is 2.46 bits per heavy atom. The first-order valence-electron chi connectivity index (χ1n) is 8.24. The highest BCUT2D eigenvalue weighted by Crippen LogP contribution is 2.13. The van der Waals surface area contributed by atoms with Crippen LogP contribution in [0.25, 0.3) is 11.0 Å². The van der Waals surface area contributed by atoms with Gasteiger partial charge in [0.15, 0.2) is 0 Å². The van der Waals surface area contributed by atoms with Crippen molar-refractivity contribution < 1.29 is 4.79 Å². The summed E-state index contributed by atoms with van der Waals surface area (Å²) in [5.41, 5.74) is 4.28. The lowest BCUT2D eigenvalue weighted by molar-refractivity contribution is 0.0737. The van der Waals surface area contributed by atoms with E-state index < -0.39 is 0 Å². The van der Waals surface area contributed by atoms with Gasteiger partial charge in [0.25, 0.3) is 5.91 Å². The third-order valence-corrected chi connectivity index (χ3v) is 3.94. The number of carbonyl (C=O) groups is 1. The Morgan fingerprint density at radius 1 is 1.04 bits per heavy atom. The molecule has 4 nitrogen and oxygen atoms in total. The first-order valence-corrected chi connectivity index (χ1v) is 8.24. The molecule has 0 atom stereocenters. The van der Waals surface area contributed by atoms with Crippen LogP contribution in [-0.4, -0.2) is 27.3 Å². The molecule has 0 saturated carbocycles. The molecular weight excluding hydrogens is 298 g/mol. The lowest BCUT2D eigenvalue weighted by Crippen LogP contribution is -2.32. The summed E-state index contributed by atoms with van der Waals surface area (Å²) < 4.78 is 0. The molecular formula is C20H21N3O. The number of benzene rings is 2. The fourth-order valence-electron chi connectivity index (χ4n) is 2.66. The number of aromatic nitrogens is 2. The Hall–Kier alpha value is -2.75. The molecule has 3 aromatic rings. The van der Waals surface area contributed by atoms with Crippen LogP contribution in [0.2, 0.25) is 0 Å². The van der Waals surface area contributed by atoms with Crippen molar-refractivity contribution in [2.75, 3.05) is 6.54 Å². The molecule has 0 fully saturated rings. The zero-order valence-corrected chi connectivity index (χ0v) is 14.1. The van der Waals surface area contributed by atoms with Gasteiger partial charge in [-0.2, -0.15) is 0 Å². The minimum absolute atomic E-state index is 0.0734. The van der Waals surface area contributed by atoms with Crippen molar-refractivity contribution in [3.05, 3.63) is 71.5 Å². The number of para-hydroxylation sites is 2. The number of aryl methyl sites for hydroxylation is 1. The molecule has 4 heteroatoms. The van der Waals surface area contributed by atoms with Crippen LogP contribution in [0.4, 0.5) is 0 Å². The van der Waals surface area contributed by atoms with E-state index >= 15 is 0 Å². The zero-order valence-electron chi connectivity index (χ0n) is 14.1. The minimum atomic E-state index is -0.0734. The predicted molar refractivity (Wildman–Crippen MR) is 95.7 cm³/mol. The van der Waals surface area contributed by atoms with Crippen LogP contribution in [0.1, 0.15) is 35.0 Å². The fourth-order valence-corrected chi connectivity index (χ4v) is 2.66. The van der Waals surface area contributed by atoms with Gasteiger partial charge < -0.3 is 4.90 Å². The van der Waals surface area contributed by atoms with E-state index in [1.807, 2.05) is 29.2 Å². The Balaban J connectivity index is 1.85. The summed E-state index contributed by atoms with van der Waals surface area (Å²) in [6.07, 6.45) is 2.47. The number of amides is 1. The smallest absolute Gasteiger partial charge is 0.274 e. The average Bonchev–Trinajstić information content (AvgIpc) is 2.62. The number of hydrogen-bond acceptors (Lipinski definition) is 3. The number of hydrogen-bond donors (Lipinski definition) is 0. The summed E-state index contributed by atoms with van der Waals surface area (Å²) in [5, 5.41) is 0. The molecule has 2 aromatic carbocycles. The molecule has 1 amide bonds.